The highest BCUT2D eigenvalue weighted by Gasteiger charge is 2.02. The molecule has 0 aliphatic heterocycles. The van der Waals surface area contributed by atoms with Crippen LogP contribution in [0.4, 0.5) is 0 Å². The molecule has 0 saturated heterocycles. The second-order valence-electron chi connectivity index (χ2n) is 4.81. The summed E-state index contributed by atoms with van der Waals surface area (Å²) in [5.41, 5.74) is 0.935. The first-order valence-corrected chi connectivity index (χ1v) is 7.02. The van der Waals surface area contributed by atoms with Crippen LogP contribution < -0.4 is 10.1 Å². The van der Waals surface area contributed by atoms with Gasteiger partial charge in [0.15, 0.2) is 0 Å². The third kappa shape index (κ3) is 4.83. The van der Waals surface area contributed by atoms with Crippen LogP contribution in [-0.2, 0) is 13.1 Å². The van der Waals surface area contributed by atoms with Crippen molar-refractivity contribution in [2.24, 2.45) is 0 Å². The zero-order chi connectivity index (χ0) is 14.4. The molecule has 1 N–H and O–H groups in total. The molecule has 2 rings (SSSR count). The van der Waals surface area contributed by atoms with Gasteiger partial charge in [0.25, 0.3) is 0 Å². The summed E-state index contributed by atoms with van der Waals surface area (Å²) in [6.45, 7) is 6.14. The number of nitrogens with one attached hydrogen (secondary N) is 1. The van der Waals surface area contributed by atoms with Gasteiger partial charge in [-0.15, -0.1) is 5.10 Å². The van der Waals surface area contributed by atoms with E-state index in [1.54, 1.807) is 4.68 Å². The lowest BCUT2D eigenvalue weighted by Crippen LogP contribution is -2.21. The highest BCUT2D eigenvalue weighted by molar-refractivity contribution is 6.30. The summed E-state index contributed by atoms with van der Waals surface area (Å²) in [6, 6.07) is 7.75. The molecule has 0 spiro atoms. The highest BCUT2D eigenvalue weighted by atomic mass is 35.5. The molecule has 0 radical (unpaired) electrons. The van der Waals surface area contributed by atoms with E-state index in [9.17, 15) is 0 Å². The Kier molecular flexibility index (Phi) is 5.38. The Hall–Kier alpha value is -1.59. The Labute approximate surface area is 123 Å². The van der Waals surface area contributed by atoms with E-state index in [-0.39, 0.29) is 0 Å². The number of hydrogen-bond acceptors (Lipinski definition) is 4. The summed E-state index contributed by atoms with van der Waals surface area (Å²) in [4.78, 5) is 0. The van der Waals surface area contributed by atoms with Crippen LogP contribution in [-0.4, -0.2) is 27.6 Å². The molecule has 6 heteroatoms. The highest BCUT2D eigenvalue weighted by Crippen LogP contribution is 2.15. The first kappa shape index (κ1) is 14.8. The van der Waals surface area contributed by atoms with Crippen molar-refractivity contribution < 1.29 is 4.74 Å². The molecule has 2 aromatic rings. The molecule has 0 bridgehead atoms. The summed E-state index contributed by atoms with van der Waals surface area (Å²) >= 11 is 5.81. The molecule has 5 nitrogen and oxygen atoms in total. The van der Waals surface area contributed by atoms with Crippen LogP contribution in [0.5, 0.6) is 5.75 Å². The van der Waals surface area contributed by atoms with Crippen molar-refractivity contribution in [3.8, 4) is 5.75 Å². The fourth-order valence-electron chi connectivity index (χ4n) is 1.63. The Bertz CT molecular complexity index is 524. The summed E-state index contributed by atoms with van der Waals surface area (Å²) in [6.07, 6.45) is 1.93. The second kappa shape index (κ2) is 7.26. The fraction of sp³-hybridized carbons (Fsp3) is 0.429. The molecule has 0 aliphatic rings. The van der Waals surface area contributed by atoms with E-state index >= 15 is 0 Å². The standard InChI is InChI=1S/C14H19ClN4O/c1-11(2)16-9-13-10-19(18-17-13)7-8-20-14-5-3-12(15)4-6-14/h3-6,10-11,16H,7-9H2,1-2H3. The second-order valence-corrected chi connectivity index (χ2v) is 5.25. The van der Waals surface area contributed by atoms with Crippen LogP contribution in [0.3, 0.4) is 0 Å². The van der Waals surface area contributed by atoms with Gasteiger partial charge >= 0.3 is 0 Å². The van der Waals surface area contributed by atoms with Crippen molar-refractivity contribution in [1.82, 2.24) is 20.3 Å². The van der Waals surface area contributed by atoms with Gasteiger partial charge in [-0.3, -0.25) is 0 Å². The number of hydrogen-bond donors (Lipinski definition) is 1. The van der Waals surface area contributed by atoms with Crippen LogP contribution in [0.25, 0.3) is 0 Å². The first-order chi connectivity index (χ1) is 9.63. The minimum absolute atomic E-state index is 0.438. The fourth-order valence-corrected chi connectivity index (χ4v) is 1.75. The predicted molar refractivity (Wildman–Crippen MR) is 78.9 cm³/mol. The van der Waals surface area contributed by atoms with Gasteiger partial charge in [-0.25, -0.2) is 4.68 Å². The van der Waals surface area contributed by atoms with Crippen molar-refractivity contribution in [2.75, 3.05) is 6.61 Å². The van der Waals surface area contributed by atoms with E-state index < -0.39 is 0 Å². The Morgan fingerprint density at radius 1 is 1.30 bits per heavy atom. The molecule has 0 unspecified atom stereocenters. The molecule has 108 valence electrons. The number of ether oxygens (including phenoxy) is 1. The monoisotopic (exact) mass is 294 g/mol. The van der Waals surface area contributed by atoms with Crippen molar-refractivity contribution >= 4 is 11.6 Å². The lowest BCUT2D eigenvalue weighted by Gasteiger charge is -2.06. The van der Waals surface area contributed by atoms with E-state index in [0.29, 0.717) is 24.2 Å². The molecule has 0 aliphatic carbocycles. The molecule has 20 heavy (non-hydrogen) atoms. The minimum atomic E-state index is 0.438. The molecule has 1 heterocycles. The van der Waals surface area contributed by atoms with Crippen LogP contribution >= 0.6 is 11.6 Å². The van der Waals surface area contributed by atoms with Crippen molar-refractivity contribution in [1.29, 1.82) is 0 Å². The van der Waals surface area contributed by atoms with Crippen molar-refractivity contribution in [3.05, 3.63) is 41.2 Å². The third-order valence-electron chi connectivity index (χ3n) is 2.68. The van der Waals surface area contributed by atoms with Crippen molar-refractivity contribution in [3.63, 3.8) is 0 Å². The summed E-state index contributed by atoms with van der Waals surface area (Å²) in [7, 11) is 0. The average Bonchev–Trinajstić information content (AvgIpc) is 2.87. The normalized spacial score (nSPS) is 11.0. The number of nitrogens with zero attached hydrogens (tertiary/aromatic N) is 3. The van der Waals surface area contributed by atoms with Gasteiger partial charge in [-0.1, -0.05) is 30.7 Å². The molecule has 0 saturated carbocycles. The van der Waals surface area contributed by atoms with Crippen LogP contribution in [0.2, 0.25) is 5.02 Å². The maximum atomic E-state index is 5.81. The number of rotatable bonds is 7. The minimum Gasteiger partial charge on any atom is -0.492 e. The average molecular weight is 295 g/mol. The third-order valence-corrected chi connectivity index (χ3v) is 2.93. The maximum Gasteiger partial charge on any atom is 0.119 e. The molecule has 0 atom stereocenters. The van der Waals surface area contributed by atoms with Crippen LogP contribution in [0, 0.1) is 0 Å². The lowest BCUT2D eigenvalue weighted by atomic mass is 10.3. The van der Waals surface area contributed by atoms with Gasteiger partial charge in [0.1, 0.15) is 12.4 Å². The Morgan fingerprint density at radius 2 is 2.05 bits per heavy atom. The van der Waals surface area contributed by atoms with E-state index in [1.165, 1.54) is 0 Å². The topological polar surface area (TPSA) is 52.0 Å². The number of aromatic nitrogens is 3. The summed E-state index contributed by atoms with van der Waals surface area (Å²) < 4.78 is 7.39. The van der Waals surface area contributed by atoms with Gasteiger partial charge in [0.05, 0.1) is 12.2 Å². The molecular formula is C14H19ClN4O. The molecule has 0 fully saturated rings. The van der Waals surface area contributed by atoms with Gasteiger partial charge in [0, 0.05) is 23.8 Å². The van der Waals surface area contributed by atoms with E-state index in [1.807, 2.05) is 30.5 Å². The van der Waals surface area contributed by atoms with Gasteiger partial charge in [-0.2, -0.15) is 0 Å². The Morgan fingerprint density at radius 3 is 2.75 bits per heavy atom. The SMILES string of the molecule is CC(C)NCc1cn(CCOc2ccc(Cl)cc2)nn1. The number of benzene rings is 1. The quantitative estimate of drug-likeness (QED) is 0.852. The Balaban J connectivity index is 1.75. The predicted octanol–water partition coefficient (Wildman–Crippen LogP) is 2.51. The van der Waals surface area contributed by atoms with E-state index in [2.05, 4.69) is 29.5 Å². The maximum absolute atomic E-state index is 5.81. The van der Waals surface area contributed by atoms with Crippen molar-refractivity contribution in [2.45, 2.75) is 33.0 Å². The molecule has 1 aromatic carbocycles. The van der Waals surface area contributed by atoms with Gasteiger partial charge < -0.3 is 10.1 Å². The summed E-state index contributed by atoms with van der Waals surface area (Å²) in [5, 5.41) is 12.2. The largest absolute Gasteiger partial charge is 0.492 e. The molecular weight excluding hydrogens is 276 g/mol. The summed E-state index contributed by atoms with van der Waals surface area (Å²) in [5.74, 6) is 0.802. The smallest absolute Gasteiger partial charge is 0.119 e. The van der Waals surface area contributed by atoms with E-state index in [4.69, 9.17) is 16.3 Å². The number of halogens is 1. The molecule has 0 amide bonds. The van der Waals surface area contributed by atoms with Gasteiger partial charge in [-0.05, 0) is 24.3 Å². The lowest BCUT2D eigenvalue weighted by molar-refractivity contribution is 0.289. The molecule has 1 aromatic heterocycles. The first-order valence-electron chi connectivity index (χ1n) is 6.64. The van der Waals surface area contributed by atoms with Crippen LogP contribution in [0.15, 0.2) is 30.5 Å². The zero-order valence-corrected chi connectivity index (χ0v) is 12.5. The van der Waals surface area contributed by atoms with Crippen LogP contribution in [0.1, 0.15) is 19.5 Å². The zero-order valence-electron chi connectivity index (χ0n) is 11.7. The van der Waals surface area contributed by atoms with Gasteiger partial charge in [0.2, 0.25) is 0 Å². The van der Waals surface area contributed by atoms with E-state index in [0.717, 1.165) is 18.0 Å².